The number of carbonyl (C=O) groups excluding carboxylic acids is 2. The van der Waals surface area contributed by atoms with Crippen LogP contribution in [0.1, 0.15) is 36.3 Å². The van der Waals surface area contributed by atoms with Crippen molar-refractivity contribution in [1.29, 1.82) is 0 Å². The maximum atomic E-state index is 13.4. The molecule has 0 saturated carbocycles. The number of esters is 1. The lowest BCUT2D eigenvalue weighted by Gasteiger charge is -2.39. The van der Waals surface area contributed by atoms with Gasteiger partial charge in [-0.05, 0) is 42.3 Å². The Morgan fingerprint density at radius 3 is 2.45 bits per heavy atom. The third kappa shape index (κ3) is 3.81. The van der Waals surface area contributed by atoms with Crippen LogP contribution in [0.25, 0.3) is 0 Å². The third-order valence-corrected chi connectivity index (χ3v) is 6.04. The Kier molecular flexibility index (Phi) is 5.55. The number of ether oxygens (including phenoxy) is 2. The lowest BCUT2D eigenvalue weighted by atomic mass is 9.68. The van der Waals surface area contributed by atoms with E-state index >= 15 is 0 Å². The second-order valence-corrected chi connectivity index (χ2v) is 7.88. The van der Waals surface area contributed by atoms with Crippen LogP contribution in [0.2, 0.25) is 0 Å². The topological polar surface area (TPSA) is 84.9 Å². The van der Waals surface area contributed by atoms with E-state index in [1.54, 1.807) is 32.2 Å². The highest BCUT2D eigenvalue weighted by Gasteiger charge is 2.44. The monoisotopic (exact) mass is 419 g/mol. The van der Waals surface area contributed by atoms with Crippen LogP contribution in [0.4, 0.5) is 0 Å². The van der Waals surface area contributed by atoms with Gasteiger partial charge in [0.05, 0.1) is 25.7 Å². The summed E-state index contributed by atoms with van der Waals surface area (Å²) in [5.74, 6) is -0.754. The Bertz CT molecular complexity index is 1080. The van der Waals surface area contributed by atoms with Gasteiger partial charge in [0, 0.05) is 29.7 Å². The minimum Gasteiger partial charge on any atom is -0.508 e. The Morgan fingerprint density at radius 1 is 1.06 bits per heavy atom. The molecule has 1 heterocycles. The molecule has 0 fully saturated rings. The Labute approximate surface area is 181 Å². The number of hydrogen-bond acceptors (Lipinski definition) is 6. The number of Topliss-reactive ketones (excluding diaryl/α,β-unsaturated/α-hetero) is 1. The molecule has 1 aliphatic carbocycles. The van der Waals surface area contributed by atoms with E-state index < -0.39 is 17.8 Å². The first-order valence-corrected chi connectivity index (χ1v) is 10.2. The van der Waals surface area contributed by atoms with Gasteiger partial charge in [0.25, 0.3) is 0 Å². The average Bonchev–Trinajstić information content (AvgIpc) is 2.77. The molecule has 0 saturated heterocycles. The number of phenolic OH excluding ortho intramolecular Hbond substituents is 1. The molecule has 31 heavy (non-hydrogen) atoms. The summed E-state index contributed by atoms with van der Waals surface area (Å²) in [5, 5.41) is 13.3. The Balaban J connectivity index is 1.80. The van der Waals surface area contributed by atoms with E-state index in [-0.39, 0.29) is 17.5 Å². The standard InChI is InChI=1S/C25H25NO5/c1-14-22(25(29)31-3)23(16-5-4-6-18(27)11-16)24-20(26-14)12-17(13-21(24)28)15-7-9-19(30-2)10-8-15/h4-12,17,23-24,26-27H,13H2,1-3H3. The highest BCUT2D eigenvalue weighted by atomic mass is 16.5. The Morgan fingerprint density at radius 2 is 1.81 bits per heavy atom. The second-order valence-electron chi connectivity index (χ2n) is 7.88. The van der Waals surface area contributed by atoms with Crippen LogP contribution in [0.15, 0.2) is 71.6 Å². The average molecular weight is 419 g/mol. The van der Waals surface area contributed by atoms with Crippen molar-refractivity contribution in [2.24, 2.45) is 5.92 Å². The van der Waals surface area contributed by atoms with E-state index in [2.05, 4.69) is 11.4 Å². The molecule has 0 radical (unpaired) electrons. The summed E-state index contributed by atoms with van der Waals surface area (Å²) in [6.45, 7) is 1.81. The molecule has 0 amide bonds. The molecule has 2 aromatic rings. The van der Waals surface area contributed by atoms with Gasteiger partial charge in [-0.1, -0.05) is 30.3 Å². The number of fused-ring (bicyclic) bond motifs is 1. The lowest BCUT2D eigenvalue weighted by Crippen LogP contribution is -2.41. The number of carbonyl (C=O) groups is 2. The summed E-state index contributed by atoms with van der Waals surface area (Å²) < 4.78 is 10.3. The van der Waals surface area contributed by atoms with Gasteiger partial charge < -0.3 is 19.9 Å². The molecule has 0 spiro atoms. The third-order valence-electron chi connectivity index (χ3n) is 6.04. The van der Waals surface area contributed by atoms with Gasteiger partial charge in [0.15, 0.2) is 0 Å². The SMILES string of the molecule is COC(=O)C1=C(C)NC2=CC(c3ccc(OC)cc3)CC(=O)C2C1c1cccc(O)c1. The number of hydrogen-bond donors (Lipinski definition) is 2. The van der Waals surface area contributed by atoms with E-state index in [4.69, 9.17) is 9.47 Å². The van der Waals surface area contributed by atoms with Gasteiger partial charge >= 0.3 is 5.97 Å². The smallest absolute Gasteiger partial charge is 0.336 e. The fourth-order valence-electron chi connectivity index (χ4n) is 4.60. The number of ketones is 1. The van der Waals surface area contributed by atoms with Crippen LogP contribution in [0.5, 0.6) is 11.5 Å². The molecular weight excluding hydrogens is 394 g/mol. The predicted octanol–water partition coefficient (Wildman–Crippen LogP) is 3.79. The zero-order valence-corrected chi connectivity index (χ0v) is 17.7. The number of phenols is 1. The summed E-state index contributed by atoms with van der Waals surface area (Å²) in [5.41, 5.74) is 3.55. The zero-order chi connectivity index (χ0) is 22.1. The Hall–Kier alpha value is -3.54. The molecule has 2 N–H and O–H groups in total. The van der Waals surface area contributed by atoms with E-state index in [0.717, 1.165) is 17.0 Å². The molecule has 6 heteroatoms. The van der Waals surface area contributed by atoms with Crippen LogP contribution >= 0.6 is 0 Å². The van der Waals surface area contributed by atoms with Crippen LogP contribution in [-0.4, -0.2) is 31.1 Å². The van der Waals surface area contributed by atoms with Crippen molar-refractivity contribution in [2.45, 2.75) is 25.2 Å². The van der Waals surface area contributed by atoms with Crippen LogP contribution in [0, 0.1) is 5.92 Å². The molecular formula is C25H25NO5. The first kappa shape index (κ1) is 20.7. The van der Waals surface area contributed by atoms with E-state index in [1.807, 2.05) is 30.3 Å². The van der Waals surface area contributed by atoms with E-state index in [9.17, 15) is 14.7 Å². The largest absolute Gasteiger partial charge is 0.508 e. The van der Waals surface area contributed by atoms with Crippen LogP contribution in [-0.2, 0) is 14.3 Å². The van der Waals surface area contributed by atoms with Crippen molar-refractivity contribution in [3.05, 3.63) is 82.7 Å². The van der Waals surface area contributed by atoms with Crippen molar-refractivity contribution in [3.63, 3.8) is 0 Å². The predicted molar refractivity (Wildman–Crippen MR) is 116 cm³/mol. The highest BCUT2D eigenvalue weighted by Crippen LogP contribution is 2.46. The number of allylic oxidation sites excluding steroid dienone is 3. The summed E-state index contributed by atoms with van der Waals surface area (Å²) >= 11 is 0. The second kappa shape index (κ2) is 8.30. The fraction of sp³-hybridized carbons (Fsp3) is 0.280. The fourth-order valence-corrected chi connectivity index (χ4v) is 4.60. The molecule has 6 nitrogen and oxygen atoms in total. The molecule has 4 rings (SSSR count). The number of aromatic hydroxyl groups is 1. The molecule has 2 aromatic carbocycles. The van der Waals surface area contributed by atoms with Gasteiger partial charge in [0.1, 0.15) is 17.3 Å². The first-order chi connectivity index (χ1) is 14.9. The van der Waals surface area contributed by atoms with Gasteiger partial charge in [-0.2, -0.15) is 0 Å². The van der Waals surface area contributed by atoms with Crippen LogP contribution < -0.4 is 10.1 Å². The molecule has 160 valence electrons. The van der Waals surface area contributed by atoms with Crippen LogP contribution in [0.3, 0.4) is 0 Å². The summed E-state index contributed by atoms with van der Waals surface area (Å²) in [6, 6.07) is 14.4. The van der Waals surface area contributed by atoms with Crippen molar-refractivity contribution in [1.82, 2.24) is 5.32 Å². The maximum Gasteiger partial charge on any atom is 0.336 e. The molecule has 2 aliphatic rings. The van der Waals surface area contributed by atoms with Crippen molar-refractivity contribution < 1.29 is 24.2 Å². The van der Waals surface area contributed by atoms with Gasteiger partial charge in [-0.15, -0.1) is 0 Å². The van der Waals surface area contributed by atoms with E-state index in [1.165, 1.54) is 7.11 Å². The minimum atomic E-state index is -0.547. The maximum absolute atomic E-state index is 13.4. The van der Waals surface area contributed by atoms with E-state index in [0.29, 0.717) is 23.3 Å². The number of rotatable bonds is 4. The zero-order valence-electron chi connectivity index (χ0n) is 17.7. The highest BCUT2D eigenvalue weighted by molar-refractivity contribution is 5.96. The van der Waals surface area contributed by atoms with Gasteiger partial charge in [-0.3, -0.25) is 4.79 Å². The normalized spacial score (nSPS) is 22.9. The minimum absolute atomic E-state index is 0.0352. The van der Waals surface area contributed by atoms with Crippen molar-refractivity contribution >= 4 is 11.8 Å². The molecule has 3 unspecified atom stereocenters. The van der Waals surface area contributed by atoms with Gasteiger partial charge in [0.2, 0.25) is 0 Å². The summed E-state index contributed by atoms with van der Waals surface area (Å²) in [6.07, 6.45) is 2.40. The number of benzene rings is 2. The van der Waals surface area contributed by atoms with Gasteiger partial charge in [-0.25, -0.2) is 4.79 Å². The molecule has 0 bridgehead atoms. The number of methoxy groups -OCH3 is 2. The molecule has 0 aromatic heterocycles. The molecule has 1 aliphatic heterocycles. The first-order valence-electron chi connectivity index (χ1n) is 10.2. The van der Waals surface area contributed by atoms with Crippen molar-refractivity contribution in [3.8, 4) is 11.5 Å². The number of nitrogens with one attached hydrogen (secondary N) is 1. The molecule has 3 atom stereocenters. The summed E-state index contributed by atoms with van der Waals surface area (Å²) in [4.78, 5) is 26.1. The lowest BCUT2D eigenvalue weighted by molar-refractivity contribution is -0.136. The van der Waals surface area contributed by atoms with Crippen molar-refractivity contribution in [2.75, 3.05) is 14.2 Å². The summed E-state index contributed by atoms with van der Waals surface area (Å²) in [7, 11) is 2.95. The quantitative estimate of drug-likeness (QED) is 0.734.